The van der Waals surface area contributed by atoms with Gasteiger partial charge < -0.3 is 4.74 Å². The first kappa shape index (κ1) is 19.1. The summed E-state index contributed by atoms with van der Waals surface area (Å²) in [5.74, 6) is 0.531. The summed E-state index contributed by atoms with van der Waals surface area (Å²) >= 11 is 6.07. The number of nitrogens with zero attached hydrogens (tertiary/aromatic N) is 2. The Morgan fingerprint density at radius 2 is 1.90 bits per heavy atom. The topological polar surface area (TPSA) is 81.2 Å². The number of anilines is 1. The molecule has 1 N–H and O–H groups in total. The summed E-state index contributed by atoms with van der Waals surface area (Å²) in [4.78, 5) is 33.6. The van der Waals surface area contributed by atoms with Crippen molar-refractivity contribution >= 4 is 29.2 Å². The van der Waals surface area contributed by atoms with E-state index in [0.717, 1.165) is 11.3 Å². The van der Waals surface area contributed by atoms with Crippen LogP contribution >= 0.6 is 11.6 Å². The Morgan fingerprint density at radius 3 is 2.62 bits per heavy atom. The van der Waals surface area contributed by atoms with Crippen molar-refractivity contribution in [3.8, 4) is 5.75 Å². The first-order valence-electron chi connectivity index (χ1n) is 9.14. The lowest BCUT2D eigenvalue weighted by Crippen LogP contribution is -2.22. The Labute approximate surface area is 172 Å². The van der Waals surface area contributed by atoms with Crippen LogP contribution in [0.5, 0.6) is 5.75 Å². The van der Waals surface area contributed by atoms with E-state index in [1.54, 1.807) is 31.4 Å². The summed E-state index contributed by atoms with van der Waals surface area (Å²) in [6, 6.07) is 14.4. The third kappa shape index (κ3) is 3.98. The molecule has 0 spiro atoms. The number of methoxy groups -OCH3 is 1. The van der Waals surface area contributed by atoms with Crippen molar-refractivity contribution < 1.29 is 14.3 Å². The number of benzene rings is 2. The highest BCUT2D eigenvalue weighted by Crippen LogP contribution is 2.32. The number of Topliss-reactive ketones (excluding diaryl/α,β-unsaturated/α-hetero) is 1. The summed E-state index contributed by atoms with van der Waals surface area (Å²) in [5.41, 5.74) is 2.52. The number of ether oxygens (including phenoxy) is 1. The van der Waals surface area contributed by atoms with E-state index >= 15 is 0 Å². The summed E-state index contributed by atoms with van der Waals surface area (Å²) < 4.78 is 5.19. The number of amides is 1. The SMILES string of the molecule is COc1ccc(C2CC(=O)c3cnc(NC(=O)c4ccccc4Cl)nc3C2)cc1. The van der Waals surface area contributed by atoms with Gasteiger partial charge in [-0.05, 0) is 42.2 Å². The third-order valence-electron chi connectivity index (χ3n) is 4.97. The average molecular weight is 408 g/mol. The minimum Gasteiger partial charge on any atom is -0.497 e. The van der Waals surface area contributed by atoms with Gasteiger partial charge in [0.15, 0.2) is 5.78 Å². The molecule has 0 bridgehead atoms. The summed E-state index contributed by atoms with van der Waals surface area (Å²) in [6.07, 6.45) is 2.47. The van der Waals surface area contributed by atoms with Crippen LogP contribution < -0.4 is 10.1 Å². The van der Waals surface area contributed by atoms with Gasteiger partial charge in [0.25, 0.3) is 5.91 Å². The molecular weight excluding hydrogens is 390 g/mol. The van der Waals surface area contributed by atoms with E-state index in [2.05, 4.69) is 15.3 Å². The molecule has 29 heavy (non-hydrogen) atoms. The molecule has 146 valence electrons. The van der Waals surface area contributed by atoms with E-state index in [0.29, 0.717) is 34.7 Å². The zero-order valence-corrected chi connectivity index (χ0v) is 16.4. The van der Waals surface area contributed by atoms with Crippen LogP contribution in [0.15, 0.2) is 54.7 Å². The molecule has 2 aromatic carbocycles. The molecule has 0 radical (unpaired) electrons. The average Bonchev–Trinajstić information content (AvgIpc) is 2.73. The quantitative estimate of drug-likeness (QED) is 0.697. The number of halogens is 1. The molecule has 1 amide bonds. The van der Waals surface area contributed by atoms with Gasteiger partial charge >= 0.3 is 0 Å². The normalized spacial score (nSPS) is 15.5. The fourth-order valence-electron chi connectivity index (χ4n) is 3.43. The number of ketones is 1. The molecule has 0 fully saturated rings. The molecule has 6 nitrogen and oxygen atoms in total. The Balaban J connectivity index is 1.57. The molecule has 1 unspecified atom stereocenters. The number of hydrogen-bond donors (Lipinski definition) is 1. The van der Waals surface area contributed by atoms with Crippen LogP contribution in [0.4, 0.5) is 5.95 Å². The Bertz CT molecular complexity index is 1080. The fourth-order valence-corrected chi connectivity index (χ4v) is 3.65. The third-order valence-corrected chi connectivity index (χ3v) is 5.30. The number of aromatic nitrogens is 2. The largest absolute Gasteiger partial charge is 0.497 e. The summed E-state index contributed by atoms with van der Waals surface area (Å²) in [6.45, 7) is 0. The van der Waals surface area contributed by atoms with Crippen molar-refractivity contribution in [1.82, 2.24) is 9.97 Å². The molecule has 1 heterocycles. The van der Waals surface area contributed by atoms with Crippen LogP contribution in [0.3, 0.4) is 0 Å². The number of carbonyl (C=O) groups excluding carboxylic acids is 2. The lowest BCUT2D eigenvalue weighted by atomic mass is 9.82. The van der Waals surface area contributed by atoms with Crippen LogP contribution in [0.2, 0.25) is 5.02 Å². The Hall–Kier alpha value is -3.25. The minimum atomic E-state index is -0.399. The van der Waals surface area contributed by atoms with E-state index in [9.17, 15) is 9.59 Å². The maximum Gasteiger partial charge on any atom is 0.259 e. The Morgan fingerprint density at radius 1 is 1.14 bits per heavy atom. The van der Waals surface area contributed by atoms with Crippen molar-refractivity contribution in [1.29, 1.82) is 0 Å². The summed E-state index contributed by atoms with van der Waals surface area (Å²) in [7, 11) is 1.62. The van der Waals surface area contributed by atoms with E-state index < -0.39 is 5.91 Å². The van der Waals surface area contributed by atoms with E-state index in [1.807, 2.05) is 24.3 Å². The molecule has 1 aliphatic rings. The van der Waals surface area contributed by atoms with Crippen molar-refractivity contribution in [3.63, 3.8) is 0 Å². The van der Waals surface area contributed by atoms with Crippen LogP contribution in [-0.4, -0.2) is 28.8 Å². The molecule has 1 atom stereocenters. The standard InChI is InChI=1S/C22H18ClN3O3/c1-29-15-8-6-13(7-9-15)14-10-19-17(20(27)11-14)12-24-22(25-19)26-21(28)16-4-2-3-5-18(16)23/h2-9,12,14H,10-11H2,1H3,(H,24,25,26,28). The van der Waals surface area contributed by atoms with Gasteiger partial charge in [-0.3, -0.25) is 14.9 Å². The fraction of sp³-hybridized carbons (Fsp3) is 0.182. The summed E-state index contributed by atoms with van der Waals surface area (Å²) in [5, 5.41) is 3.01. The number of hydrogen-bond acceptors (Lipinski definition) is 5. The monoisotopic (exact) mass is 407 g/mol. The highest BCUT2D eigenvalue weighted by Gasteiger charge is 2.28. The lowest BCUT2D eigenvalue weighted by Gasteiger charge is -2.23. The molecule has 1 aromatic heterocycles. The molecule has 1 aliphatic carbocycles. The van der Waals surface area contributed by atoms with Crippen molar-refractivity contribution in [2.45, 2.75) is 18.8 Å². The Kier molecular flexibility index (Phi) is 5.27. The first-order chi connectivity index (χ1) is 14.0. The number of nitrogens with one attached hydrogen (secondary N) is 1. The maximum atomic E-state index is 12.6. The number of carbonyl (C=O) groups is 2. The number of fused-ring (bicyclic) bond motifs is 1. The molecule has 0 saturated heterocycles. The van der Waals surface area contributed by atoms with Crippen LogP contribution in [0.25, 0.3) is 0 Å². The van der Waals surface area contributed by atoms with Crippen LogP contribution in [0, 0.1) is 0 Å². The molecule has 7 heteroatoms. The van der Waals surface area contributed by atoms with Gasteiger partial charge in [-0.15, -0.1) is 0 Å². The molecule has 3 aromatic rings. The minimum absolute atomic E-state index is 0.00366. The van der Waals surface area contributed by atoms with Crippen molar-refractivity contribution in [2.24, 2.45) is 0 Å². The predicted octanol–water partition coefficient (Wildman–Crippen LogP) is 4.30. The van der Waals surface area contributed by atoms with Gasteiger partial charge in [0.05, 0.1) is 29.0 Å². The van der Waals surface area contributed by atoms with E-state index in [1.165, 1.54) is 6.20 Å². The predicted molar refractivity (Wildman–Crippen MR) is 110 cm³/mol. The second-order valence-corrected chi connectivity index (χ2v) is 7.20. The van der Waals surface area contributed by atoms with Gasteiger partial charge in [0, 0.05) is 12.6 Å². The van der Waals surface area contributed by atoms with Gasteiger partial charge in [0.1, 0.15) is 5.75 Å². The molecule has 0 aliphatic heterocycles. The second kappa shape index (κ2) is 8.01. The zero-order valence-electron chi connectivity index (χ0n) is 15.7. The van der Waals surface area contributed by atoms with E-state index in [-0.39, 0.29) is 17.6 Å². The van der Waals surface area contributed by atoms with Gasteiger partial charge in [-0.25, -0.2) is 9.97 Å². The first-order valence-corrected chi connectivity index (χ1v) is 9.52. The number of rotatable bonds is 4. The lowest BCUT2D eigenvalue weighted by molar-refractivity contribution is 0.0962. The van der Waals surface area contributed by atoms with Crippen LogP contribution in [-0.2, 0) is 6.42 Å². The van der Waals surface area contributed by atoms with E-state index in [4.69, 9.17) is 16.3 Å². The van der Waals surface area contributed by atoms with Crippen molar-refractivity contribution in [3.05, 3.63) is 82.1 Å². The molecule has 4 rings (SSSR count). The molecule has 0 saturated carbocycles. The van der Waals surface area contributed by atoms with Gasteiger partial charge in [0.2, 0.25) is 5.95 Å². The highest BCUT2D eigenvalue weighted by molar-refractivity contribution is 6.34. The second-order valence-electron chi connectivity index (χ2n) is 6.79. The van der Waals surface area contributed by atoms with Crippen LogP contribution in [0.1, 0.15) is 44.3 Å². The van der Waals surface area contributed by atoms with Crippen molar-refractivity contribution in [2.75, 3.05) is 12.4 Å². The van der Waals surface area contributed by atoms with Gasteiger partial charge in [-0.2, -0.15) is 0 Å². The zero-order chi connectivity index (χ0) is 20.4. The van der Waals surface area contributed by atoms with Gasteiger partial charge in [-0.1, -0.05) is 35.9 Å². The maximum absolute atomic E-state index is 12.6. The highest BCUT2D eigenvalue weighted by atomic mass is 35.5. The molecular formula is C22H18ClN3O3. The smallest absolute Gasteiger partial charge is 0.259 e.